The van der Waals surface area contributed by atoms with E-state index >= 15 is 0 Å². The van der Waals surface area contributed by atoms with Crippen molar-refractivity contribution < 1.29 is 13.6 Å². The number of carbonyl (C=O) groups excluding carboxylic acids is 1. The van der Waals surface area contributed by atoms with Crippen molar-refractivity contribution in [3.63, 3.8) is 0 Å². The summed E-state index contributed by atoms with van der Waals surface area (Å²) in [6.07, 6.45) is 1.55. The molecular weight excluding hydrogens is 435 g/mol. The van der Waals surface area contributed by atoms with E-state index in [1.165, 1.54) is 28.0 Å². The molecule has 1 N–H and O–H groups in total. The molecule has 3 aromatic heterocycles. The normalized spacial score (nSPS) is 14.2. The number of furan rings is 1. The molecule has 0 spiro atoms. The maximum Gasteiger partial charge on any atom is 0.321 e. The van der Waals surface area contributed by atoms with Gasteiger partial charge in [-0.05, 0) is 36.8 Å². The lowest BCUT2D eigenvalue weighted by Crippen LogP contribution is -2.50. The summed E-state index contributed by atoms with van der Waals surface area (Å²) in [6.45, 7) is 3.59. The Balaban J connectivity index is 1.28. The first kappa shape index (κ1) is 20.2. The molecule has 1 saturated heterocycles. The smallest absolute Gasteiger partial charge is 0.321 e. The molecule has 4 heterocycles. The number of hydrogen-bond donors (Lipinski definition) is 1. The second-order valence-corrected chi connectivity index (χ2v) is 8.36. The number of piperazine rings is 1. The van der Waals surface area contributed by atoms with E-state index in [9.17, 15) is 14.0 Å². The van der Waals surface area contributed by atoms with Crippen LogP contribution in [0.5, 0.6) is 0 Å². The zero-order chi connectivity index (χ0) is 22.2. The zero-order valence-electron chi connectivity index (χ0n) is 17.1. The van der Waals surface area contributed by atoms with Crippen LogP contribution >= 0.6 is 11.3 Å². The monoisotopic (exact) mass is 454 g/mol. The number of aryl methyl sites for hydroxylation is 1. The van der Waals surface area contributed by atoms with Gasteiger partial charge in [0.25, 0.3) is 5.56 Å². The summed E-state index contributed by atoms with van der Waals surface area (Å²) in [5, 5.41) is 7.59. The summed E-state index contributed by atoms with van der Waals surface area (Å²) in [4.78, 5) is 33.8. The van der Waals surface area contributed by atoms with E-state index in [0.29, 0.717) is 59.0 Å². The minimum Gasteiger partial charge on any atom is -0.462 e. The number of carbonyl (C=O) groups is 1. The Hall–Kier alpha value is -3.73. The largest absolute Gasteiger partial charge is 0.462 e. The molecule has 1 aromatic carbocycles. The van der Waals surface area contributed by atoms with Gasteiger partial charge in [-0.15, -0.1) is 5.10 Å². The van der Waals surface area contributed by atoms with E-state index < -0.39 is 0 Å². The van der Waals surface area contributed by atoms with Crippen LogP contribution in [0.1, 0.15) is 5.56 Å². The van der Waals surface area contributed by atoms with Crippen molar-refractivity contribution >= 4 is 33.8 Å². The van der Waals surface area contributed by atoms with Crippen LogP contribution in [-0.4, -0.2) is 51.7 Å². The van der Waals surface area contributed by atoms with Gasteiger partial charge in [0.15, 0.2) is 10.8 Å². The second kappa shape index (κ2) is 8.08. The third-order valence-electron chi connectivity index (χ3n) is 5.28. The highest BCUT2D eigenvalue weighted by atomic mass is 32.1. The lowest BCUT2D eigenvalue weighted by molar-refractivity contribution is 0.208. The molecule has 0 saturated carbocycles. The Morgan fingerprint density at radius 2 is 2.00 bits per heavy atom. The number of urea groups is 1. The minimum absolute atomic E-state index is 0.277. The van der Waals surface area contributed by atoms with E-state index in [-0.39, 0.29) is 17.4 Å². The molecule has 0 aliphatic carbocycles. The molecule has 0 radical (unpaired) electrons. The Morgan fingerprint density at radius 1 is 1.19 bits per heavy atom. The number of benzene rings is 1. The van der Waals surface area contributed by atoms with E-state index in [2.05, 4.69) is 15.4 Å². The number of hydrogen-bond acceptors (Lipinski definition) is 7. The van der Waals surface area contributed by atoms with Crippen molar-refractivity contribution in [3.8, 4) is 10.8 Å². The number of anilines is 2. The lowest BCUT2D eigenvalue weighted by atomic mass is 10.2. The lowest BCUT2D eigenvalue weighted by Gasteiger charge is -2.35. The number of nitrogens with one attached hydrogen (secondary N) is 1. The summed E-state index contributed by atoms with van der Waals surface area (Å²) in [5.74, 6) is 0.762. The summed E-state index contributed by atoms with van der Waals surface area (Å²) >= 11 is 1.27. The fraction of sp³-hybridized carbons (Fsp3) is 0.238. The Morgan fingerprint density at radius 3 is 2.72 bits per heavy atom. The number of nitrogens with zero attached hydrogens (tertiary/aromatic N) is 5. The van der Waals surface area contributed by atoms with Gasteiger partial charge in [0.1, 0.15) is 11.6 Å². The second-order valence-electron chi connectivity index (χ2n) is 7.40. The highest BCUT2D eigenvalue weighted by Crippen LogP contribution is 2.25. The van der Waals surface area contributed by atoms with Gasteiger partial charge >= 0.3 is 6.03 Å². The van der Waals surface area contributed by atoms with E-state index in [0.717, 1.165) is 0 Å². The Bertz CT molecular complexity index is 1340. The summed E-state index contributed by atoms with van der Waals surface area (Å²) in [5.41, 5.74) is 0.660. The predicted molar refractivity (Wildman–Crippen MR) is 119 cm³/mol. The highest BCUT2D eigenvalue weighted by Gasteiger charge is 2.23. The maximum absolute atomic E-state index is 13.7. The van der Waals surface area contributed by atoms with Crippen molar-refractivity contribution in [2.45, 2.75) is 6.92 Å². The molecule has 1 aliphatic rings. The van der Waals surface area contributed by atoms with Crippen molar-refractivity contribution in [2.75, 3.05) is 36.4 Å². The third kappa shape index (κ3) is 3.82. The Labute approximate surface area is 185 Å². The molecule has 0 unspecified atom stereocenters. The van der Waals surface area contributed by atoms with Crippen molar-refractivity contribution in [2.24, 2.45) is 0 Å². The van der Waals surface area contributed by atoms with Gasteiger partial charge in [0.05, 0.1) is 6.26 Å². The van der Waals surface area contributed by atoms with E-state index in [1.807, 2.05) is 4.90 Å². The van der Waals surface area contributed by atoms with Gasteiger partial charge in [-0.3, -0.25) is 4.79 Å². The molecule has 0 bridgehead atoms. The van der Waals surface area contributed by atoms with Gasteiger partial charge < -0.3 is 19.5 Å². The van der Waals surface area contributed by atoms with Gasteiger partial charge in [0.2, 0.25) is 4.96 Å². The minimum atomic E-state index is -0.362. The van der Waals surface area contributed by atoms with Crippen LogP contribution < -0.4 is 15.8 Å². The quantitative estimate of drug-likeness (QED) is 0.511. The van der Waals surface area contributed by atoms with Crippen LogP contribution in [0, 0.1) is 12.7 Å². The van der Waals surface area contributed by atoms with Gasteiger partial charge in [-0.1, -0.05) is 17.4 Å². The van der Waals surface area contributed by atoms with Crippen LogP contribution in [0.15, 0.2) is 51.9 Å². The zero-order valence-corrected chi connectivity index (χ0v) is 17.9. The van der Waals surface area contributed by atoms with Gasteiger partial charge in [0, 0.05) is 37.9 Å². The van der Waals surface area contributed by atoms with E-state index in [4.69, 9.17) is 4.42 Å². The summed E-state index contributed by atoms with van der Waals surface area (Å²) < 4.78 is 20.3. The molecule has 4 aromatic rings. The molecular formula is C21H19FN6O3S. The van der Waals surface area contributed by atoms with Gasteiger partial charge in [-0.2, -0.15) is 4.52 Å². The molecule has 9 nitrogen and oxygen atoms in total. The predicted octanol–water partition coefficient (Wildman–Crippen LogP) is 3.21. The first-order chi connectivity index (χ1) is 15.5. The molecule has 32 heavy (non-hydrogen) atoms. The first-order valence-electron chi connectivity index (χ1n) is 10.00. The molecule has 11 heteroatoms. The fourth-order valence-corrected chi connectivity index (χ4v) is 4.34. The average Bonchev–Trinajstić information content (AvgIpc) is 3.46. The fourth-order valence-electron chi connectivity index (χ4n) is 3.47. The molecule has 164 valence electrons. The first-order valence-corrected chi connectivity index (χ1v) is 10.8. The van der Waals surface area contributed by atoms with Crippen LogP contribution in [0.25, 0.3) is 15.7 Å². The molecule has 5 rings (SSSR count). The summed E-state index contributed by atoms with van der Waals surface area (Å²) in [7, 11) is 0. The van der Waals surface area contributed by atoms with Crippen molar-refractivity contribution in [3.05, 3.63) is 64.4 Å². The summed E-state index contributed by atoms with van der Waals surface area (Å²) in [6, 6.07) is 9.30. The topological polar surface area (TPSA) is 96.0 Å². The molecule has 1 aliphatic heterocycles. The number of fused-ring (bicyclic) bond motifs is 1. The molecule has 0 atom stereocenters. The number of rotatable bonds is 3. The average molecular weight is 454 g/mol. The van der Waals surface area contributed by atoms with Crippen molar-refractivity contribution in [1.82, 2.24) is 19.5 Å². The third-order valence-corrected chi connectivity index (χ3v) is 6.20. The van der Waals surface area contributed by atoms with Crippen LogP contribution in [-0.2, 0) is 0 Å². The SMILES string of the molecule is Cc1ccc(NC(=O)N2CCN(c3cc(=O)n4nc(-c5ccco5)sc4n3)CC2)cc1F. The molecule has 2 amide bonds. The standard InChI is InChI=1S/C21H19FN6O3S/c1-13-4-5-14(11-15(13)22)23-20(30)27-8-6-26(7-9-27)17-12-18(29)28-21(24-17)32-19(25-28)16-3-2-10-31-16/h2-5,10-12H,6-9H2,1H3,(H,23,30). The Kier molecular flexibility index (Phi) is 5.10. The van der Waals surface area contributed by atoms with Crippen LogP contribution in [0.3, 0.4) is 0 Å². The number of halogens is 1. The maximum atomic E-state index is 13.7. The van der Waals surface area contributed by atoms with Crippen molar-refractivity contribution in [1.29, 1.82) is 0 Å². The van der Waals surface area contributed by atoms with E-state index in [1.54, 1.807) is 42.4 Å². The number of amides is 2. The molecule has 1 fully saturated rings. The van der Waals surface area contributed by atoms with Crippen LogP contribution in [0.2, 0.25) is 0 Å². The van der Waals surface area contributed by atoms with Crippen LogP contribution in [0.4, 0.5) is 20.7 Å². The highest BCUT2D eigenvalue weighted by molar-refractivity contribution is 7.19. The van der Waals surface area contributed by atoms with Gasteiger partial charge in [-0.25, -0.2) is 14.2 Å². The number of aromatic nitrogens is 3.